The van der Waals surface area contributed by atoms with Crippen molar-refractivity contribution in [3.63, 3.8) is 0 Å². The third-order valence-corrected chi connectivity index (χ3v) is 4.13. The summed E-state index contributed by atoms with van der Waals surface area (Å²) < 4.78 is 20.6. The molecule has 0 saturated carbocycles. The molecular weight excluding hydrogens is 378 g/mol. The number of para-hydroxylation sites is 1. The number of Topliss-reactive ketones (excluding diaryl/α,β-unsaturated/α-hetero) is 2. The number of carbonyl (C=O) groups excluding carboxylic acids is 3. The number of methoxy groups -OCH3 is 2. The van der Waals surface area contributed by atoms with Crippen LogP contribution in [0, 0.1) is 0 Å². The molecule has 0 aromatic heterocycles. The van der Waals surface area contributed by atoms with Gasteiger partial charge in [-0.1, -0.05) is 18.2 Å². The van der Waals surface area contributed by atoms with Crippen LogP contribution < -0.4 is 14.8 Å². The van der Waals surface area contributed by atoms with Crippen LogP contribution in [0.5, 0.6) is 11.5 Å². The Morgan fingerprint density at radius 3 is 2.45 bits per heavy atom. The number of anilines is 1. The van der Waals surface area contributed by atoms with Crippen molar-refractivity contribution in [2.45, 2.75) is 0 Å². The molecule has 0 amide bonds. The Kier molecular flexibility index (Phi) is 6.13. The molecule has 0 bridgehead atoms. The number of nitrogens with one attached hydrogen (secondary N) is 1. The standard InChI is InChI=1S/C21H19NO7/c1-26-17-9-8-13(10-18(17)27-2)15(23)11-29-21(25)19-16(24)12-28-20(19)22-14-6-4-3-5-7-14/h3-10,22H,11-12H2,1-2H3. The van der Waals surface area contributed by atoms with Gasteiger partial charge in [0.2, 0.25) is 11.7 Å². The number of ether oxygens (including phenoxy) is 4. The van der Waals surface area contributed by atoms with Crippen molar-refractivity contribution in [2.24, 2.45) is 0 Å². The quantitative estimate of drug-likeness (QED) is 0.412. The van der Waals surface area contributed by atoms with Crippen molar-refractivity contribution >= 4 is 23.2 Å². The summed E-state index contributed by atoms with van der Waals surface area (Å²) in [5.74, 6) is -1.06. The second-order valence-corrected chi connectivity index (χ2v) is 5.98. The van der Waals surface area contributed by atoms with E-state index in [1.54, 1.807) is 30.3 Å². The van der Waals surface area contributed by atoms with Gasteiger partial charge in [-0.3, -0.25) is 9.59 Å². The monoisotopic (exact) mass is 397 g/mol. The minimum atomic E-state index is -0.931. The van der Waals surface area contributed by atoms with Gasteiger partial charge in [-0.2, -0.15) is 0 Å². The normalized spacial score (nSPS) is 13.0. The molecule has 0 atom stereocenters. The van der Waals surface area contributed by atoms with Crippen LogP contribution in [0.15, 0.2) is 60.0 Å². The molecule has 2 aromatic carbocycles. The van der Waals surface area contributed by atoms with Gasteiger partial charge in [-0.05, 0) is 30.3 Å². The van der Waals surface area contributed by atoms with Crippen molar-refractivity contribution in [3.8, 4) is 11.5 Å². The first-order chi connectivity index (χ1) is 14.0. The molecule has 2 aromatic rings. The van der Waals surface area contributed by atoms with Crippen molar-refractivity contribution in [1.82, 2.24) is 0 Å². The average molecular weight is 397 g/mol. The van der Waals surface area contributed by atoms with Crippen LogP contribution in [-0.2, 0) is 19.1 Å². The first kappa shape index (κ1) is 19.9. The van der Waals surface area contributed by atoms with Crippen LogP contribution in [0.3, 0.4) is 0 Å². The van der Waals surface area contributed by atoms with E-state index in [4.69, 9.17) is 18.9 Å². The number of rotatable bonds is 8. The second-order valence-electron chi connectivity index (χ2n) is 5.98. The molecule has 8 heteroatoms. The molecule has 0 radical (unpaired) electrons. The van der Waals surface area contributed by atoms with Crippen molar-refractivity contribution in [2.75, 3.05) is 32.8 Å². The summed E-state index contributed by atoms with van der Waals surface area (Å²) >= 11 is 0. The summed E-state index contributed by atoms with van der Waals surface area (Å²) in [6.07, 6.45) is 0. The lowest BCUT2D eigenvalue weighted by Gasteiger charge is -2.10. The molecule has 1 aliphatic rings. The van der Waals surface area contributed by atoms with Crippen LogP contribution in [0.1, 0.15) is 10.4 Å². The van der Waals surface area contributed by atoms with Gasteiger partial charge in [0.25, 0.3) is 0 Å². The fraction of sp³-hybridized carbons (Fsp3) is 0.190. The summed E-state index contributed by atoms with van der Waals surface area (Å²) in [6.45, 7) is -0.813. The number of benzene rings is 2. The fourth-order valence-electron chi connectivity index (χ4n) is 2.66. The highest BCUT2D eigenvalue weighted by Crippen LogP contribution is 2.28. The zero-order chi connectivity index (χ0) is 20.8. The maximum absolute atomic E-state index is 12.4. The molecule has 8 nitrogen and oxygen atoms in total. The Balaban J connectivity index is 1.69. The van der Waals surface area contributed by atoms with Crippen LogP contribution in [0.4, 0.5) is 5.69 Å². The minimum absolute atomic E-state index is 0.00441. The molecule has 0 aliphatic carbocycles. The van der Waals surface area contributed by atoms with E-state index in [9.17, 15) is 14.4 Å². The summed E-state index contributed by atoms with van der Waals surface area (Å²) in [6, 6.07) is 13.5. The molecular formula is C21H19NO7. The molecule has 29 heavy (non-hydrogen) atoms. The lowest BCUT2D eigenvalue weighted by molar-refractivity contribution is -0.139. The number of hydrogen-bond acceptors (Lipinski definition) is 8. The number of hydrogen-bond donors (Lipinski definition) is 1. The summed E-state index contributed by atoms with van der Waals surface area (Å²) in [5, 5.41) is 2.87. The zero-order valence-electron chi connectivity index (χ0n) is 15.9. The molecule has 0 spiro atoms. The summed E-state index contributed by atoms with van der Waals surface area (Å²) in [4.78, 5) is 36.8. The highest BCUT2D eigenvalue weighted by molar-refractivity contribution is 6.20. The van der Waals surface area contributed by atoms with Gasteiger partial charge in [-0.25, -0.2) is 4.79 Å². The van der Waals surface area contributed by atoms with Gasteiger partial charge in [0.05, 0.1) is 14.2 Å². The third kappa shape index (κ3) is 4.55. The van der Waals surface area contributed by atoms with E-state index in [-0.39, 0.29) is 23.6 Å². The Hall–Kier alpha value is -3.81. The van der Waals surface area contributed by atoms with Crippen molar-refractivity contribution in [3.05, 3.63) is 65.6 Å². The molecule has 0 saturated heterocycles. The van der Waals surface area contributed by atoms with E-state index in [0.29, 0.717) is 17.2 Å². The molecule has 1 N–H and O–H groups in total. The van der Waals surface area contributed by atoms with Crippen LogP contribution in [0.25, 0.3) is 0 Å². The average Bonchev–Trinajstić information content (AvgIpc) is 3.11. The fourth-order valence-corrected chi connectivity index (χ4v) is 2.66. The number of ketones is 2. The molecule has 150 valence electrons. The number of carbonyl (C=O) groups is 3. The predicted octanol–water partition coefficient (Wildman–Crippen LogP) is 2.35. The molecule has 0 unspecified atom stereocenters. The Morgan fingerprint density at radius 2 is 1.76 bits per heavy atom. The topological polar surface area (TPSA) is 100 Å². The lowest BCUT2D eigenvalue weighted by atomic mass is 10.1. The van der Waals surface area contributed by atoms with Gasteiger partial charge in [0.1, 0.15) is 0 Å². The Labute approximate surface area is 167 Å². The van der Waals surface area contributed by atoms with Gasteiger partial charge in [-0.15, -0.1) is 0 Å². The van der Waals surface area contributed by atoms with E-state index in [0.717, 1.165) is 0 Å². The molecule has 1 heterocycles. The first-order valence-corrected chi connectivity index (χ1v) is 8.68. The third-order valence-electron chi connectivity index (χ3n) is 4.13. The highest BCUT2D eigenvalue weighted by Gasteiger charge is 2.33. The van der Waals surface area contributed by atoms with Gasteiger partial charge in [0, 0.05) is 11.3 Å². The van der Waals surface area contributed by atoms with E-state index >= 15 is 0 Å². The smallest absolute Gasteiger partial charge is 0.347 e. The van der Waals surface area contributed by atoms with E-state index in [1.165, 1.54) is 26.4 Å². The number of esters is 1. The largest absolute Gasteiger partial charge is 0.493 e. The van der Waals surface area contributed by atoms with Gasteiger partial charge >= 0.3 is 5.97 Å². The Morgan fingerprint density at radius 1 is 1.03 bits per heavy atom. The van der Waals surface area contributed by atoms with Gasteiger partial charge in [0.15, 0.2) is 36.1 Å². The second kappa shape index (κ2) is 8.92. The molecule has 1 aliphatic heterocycles. The van der Waals surface area contributed by atoms with E-state index in [1.807, 2.05) is 6.07 Å². The van der Waals surface area contributed by atoms with Crippen LogP contribution in [-0.4, -0.2) is 45.0 Å². The van der Waals surface area contributed by atoms with E-state index in [2.05, 4.69) is 5.32 Å². The SMILES string of the molecule is COc1ccc(C(=O)COC(=O)C2=C(Nc3ccccc3)OCC2=O)cc1OC. The molecule has 0 fully saturated rings. The summed E-state index contributed by atoms with van der Waals surface area (Å²) in [7, 11) is 2.93. The van der Waals surface area contributed by atoms with Gasteiger partial charge < -0.3 is 24.3 Å². The van der Waals surface area contributed by atoms with Crippen molar-refractivity contribution < 1.29 is 33.3 Å². The first-order valence-electron chi connectivity index (χ1n) is 8.68. The Bertz CT molecular complexity index is 966. The highest BCUT2D eigenvalue weighted by atomic mass is 16.5. The lowest BCUT2D eigenvalue weighted by Crippen LogP contribution is -2.20. The van der Waals surface area contributed by atoms with Crippen molar-refractivity contribution in [1.29, 1.82) is 0 Å². The summed E-state index contributed by atoms with van der Waals surface area (Å²) in [5.41, 5.74) is 0.666. The van der Waals surface area contributed by atoms with Crippen LogP contribution >= 0.6 is 0 Å². The zero-order valence-corrected chi connectivity index (χ0v) is 15.9. The molecule has 3 rings (SSSR count). The predicted molar refractivity (Wildman–Crippen MR) is 103 cm³/mol. The minimum Gasteiger partial charge on any atom is -0.493 e. The van der Waals surface area contributed by atoms with Crippen LogP contribution in [0.2, 0.25) is 0 Å². The maximum Gasteiger partial charge on any atom is 0.347 e. The maximum atomic E-state index is 12.4. The van der Waals surface area contributed by atoms with E-state index < -0.39 is 24.1 Å².